The summed E-state index contributed by atoms with van der Waals surface area (Å²) in [5, 5.41) is 3.08. The zero-order valence-electron chi connectivity index (χ0n) is 16.4. The first-order valence-electron chi connectivity index (χ1n) is 9.93. The summed E-state index contributed by atoms with van der Waals surface area (Å²) >= 11 is 3.56. The Kier molecular flexibility index (Phi) is 5.44. The van der Waals surface area contributed by atoms with Gasteiger partial charge in [0.05, 0.1) is 16.6 Å². The van der Waals surface area contributed by atoms with Crippen molar-refractivity contribution in [3.8, 4) is 0 Å². The van der Waals surface area contributed by atoms with Crippen LogP contribution in [0, 0.1) is 0 Å². The van der Waals surface area contributed by atoms with Crippen molar-refractivity contribution >= 4 is 44.3 Å². The lowest BCUT2D eigenvalue weighted by atomic mass is 10.3. The highest BCUT2D eigenvalue weighted by Gasteiger charge is 2.22. The molecule has 1 aliphatic rings. The van der Waals surface area contributed by atoms with Crippen LogP contribution in [0.4, 0.5) is 10.6 Å². The molecule has 1 N–H and O–H groups in total. The number of nitrogens with zero attached hydrogens (tertiary/aromatic N) is 4. The van der Waals surface area contributed by atoms with Gasteiger partial charge in [0.15, 0.2) is 5.82 Å². The van der Waals surface area contributed by atoms with E-state index in [1.165, 1.54) is 0 Å². The Morgan fingerprint density at radius 2 is 2.07 bits per heavy atom. The highest BCUT2D eigenvalue weighted by molar-refractivity contribution is 9.10. The lowest BCUT2D eigenvalue weighted by Gasteiger charge is -2.25. The number of urea groups is 1. The second kappa shape index (κ2) is 7.99. The molecule has 3 aromatic rings. The standard InChI is InChI=1S/C21H26BrN5O/c1-3-15(2)23-21(28)26-10-5-9-25(12-13-26)20-19-6-4-11-27(19)18-8-7-16(22)14-17(18)24-20/h4,6-8,11,14-15H,3,5,9-10,12-13H2,1-2H3,(H,23,28). The Morgan fingerprint density at radius 3 is 2.89 bits per heavy atom. The van der Waals surface area contributed by atoms with Crippen LogP contribution in [0.15, 0.2) is 41.0 Å². The van der Waals surface area contributed by atoms with Crippen LogP contribution >= 0.6 is 15.9 Å². The predicted molar refractivity (Wildman–Crippen MR) is 117 cm³/mol. The van der Waals surface area contributed by atoms with E-state index in [9.17, 15) is 4.79 Å². The summed E-state index contributed by atoms with van der Waals surface area (Å²) in [7, 11) is 0. The van der Waals surface area contributed by atoms with E-state index in [-0.39, 0.29) is 12.1 Å². The first kappa shape index (κ1) is 19.1. The van der Waals surface area contributed by atoms with Gasteiger partial charge in [-0.3, -0.25) is 0 Å². The minimum absolute atomic E-state index is 0.0411. The van der Waals surface area contributed by atoms with Crippen LogP contribution in [-0.2, 0) is 0 Å². The summed E-state index contributed by atoms with van der Waals surface area (Å²) in [6.45, 7) is 7.27. The number of carbonyl (C=O) groups excluding carboxylic acids is 1. The molecule has 1 aromatic carbocycles. The van der Waals surface area contributed by atoms with E-state index in [1.807, 2.05) is 17.9 Å². The predicted octanol–water partition coefficient (Wildman–Crippen LogP) is 4.27. The SMILES string of the molecule is CCC(C)NC(=O)N1CCCN(c2nc3cc(Br)ccc3n3cccc23)CC1. The summed E-state index contributed by atoms with van der Waals surface area (Å²) < 4.78 is 3.22. The number of halogens is 1. The Bertz CT molecular complexity index is 1000. The molecule has 0 saturated carbocycles. The second-order valence-electron chi connectivity index (χ2n) is 7.42. The number of carbonyl (C=O) groups is 1. The fourth-order valence-electron chi connectivity index (χ4n) is 3.70. The Balaban J connectivity index is 1.61. The maximum Gasteiger partial charge on any atom is 0.317 e. The van der Waals surface area contributed by atoms with Gasteiger partial charge in [-0.2, -0.15) is 0 Å². The average Bonchev–Trinajstić information content (AvgIpc) is 3.04. The van der Waals surface area contributed by atoms with Crippen LogP contribution in [-0.4, -0.2) is 52.5 Å². The number of hydrogen-bond donors (Lipinski definition) is 1. The monoisotopic (exact) mass is 443 g/mol. The zero-order valence-corrected chi connectivity index (χ0v) is 17.9. The maximum atomic E-state index is 12.5. The molecule has 0 aliphatic carbocycles. The fourth-order valence-corrected chi connectivity index (χ4v) is 4.05. The third kappa shape index (κ3) is 3.68. The molecule has 1 atom stereocenters. The van der Waals surface area contributed by atoms with E-state index in [0.717, 1.165) is 59.3 Å². The van der Waals surface area contributed by atoms with Gasteiger partial charge in [0.1, 0.15) is 0 Å². The molecule has 2 aromatic heterocycles. The van der Waals surface area contributed by atoms with E-state index in [2.05, 4.69) is 67.9 Å². The van der Waals surface area contributed by atoms with E-state index in [1.54, 1.807) is 0 Å². The molecule has 0 radical (unpaired) electrons. The number of hydrogen-bond acceptors (Lipinski definition) is 3. The third-order valence-corrected chi connectivity index (χ3v) is 5.96. The van der Waals surface area contributed by atoms with Crippen molar-refractivity contribution in [2.24, 2.45) is 0 Å². The molecule has 2 amide bonds. The highest BCUT2D eigenvalue weighted by atomic mass is 79.9. The van der Waals surface area contributed by atoms with Crippen LogP contribution in [0.3, 0.4) is 0 Å². The lowest BCUT2D eigenvalue weighted by molar-refractivity contribution is 0.198. The van der Waals surface area contributed by atoms with Crippen molar-refractivity contribution in [3.05, 3.63) is 41.0 Å². The van der Waals surface area contributed by atoms with Gasteiger partial charge in [-0.05, 0) is 50.1 Å². The Hall–Kier alpha value is -2.28. The molecular formula is C21H26BrN5O. The minimum atomic E-state index is 0.0411. The number of anilines is 1. The van der Waals surface area contributed by atoms with Gasteiger partial charge in [-0.25, -0.2) is 9.78 Å². The second-order valence-corrected chi connectivity index (χ2v) is 8.33. The molecule has 1 unspecified atom stereocenters. The summed E-state index contributed by atoms with van der Waals surface area (Å²) in [5.41, 5.74) is 3.16. The van der Waals surface area contributed by atoms with Gasteiger partial charge in [-0.1, -0.05) is 22.9 Å². The van der Waals surface area contributed by atoms with Crippen molar-refractivity contribution in [1.82, 2.24) is 19.6 Å². The van der Waals surface area contributed by atoms with Crippen molar-refractivity contribution in [3.63, 3.8) is 0 Å². The molecule has 7 heteroatoms. The molecule has 28 heavy (non-hydrogen) atoms. The number of amides is 2. The number of fused-ring (bicyclic) bond motifs is 3. The van der Waals surface area contributed by atoms with Crippen LogP contribution in [0.2, 0.25) is 0 Å². The molecule has 1 fully saturated rings. The van der Waals surface area contributed by atoms with Gasteiger partial charge >= 0.3 is 6.03 Å². The van der Waals surface area contributed by atoms with Crippen LogP contribution in [0.5, 0.6) is 0 Å². The Labute approximate surface area is 173 Å². The summed E-state index contributed by atoms with van der Waals surface area (Å²) in [4.78, 5) is 21.7. The highest BCUT2D eigenvalue weighted by Crippen LogP contribution is 2.27. The number of aromatic nitrogens is 2. The van der Waals surface area contributed by atoms with E-state index in [0.29, 0.717) is 6.54 Å². The number of nitrogens with one attached hydrogen (secondary N) is 1. The van der Waals surface area contributed by atoms with Crippen molar-refractivity contribution in [1.29, 1.82) is 0 Å². The summed E-state index contributed by atoms with van der Waals surface area (Å²) in [6.07, 6.45) is 3.95. The first-order valence-corrected chi connectivity index (χ1v) is 10.7. The van der Waals surface area contributed by atoms with Crippen LogP contribution in [0.1, 0.15) is 26.7 Å². The molecule has 6 nitrogen and oxygen atoms in total. The minimum Gasteiger partial charge on any atom is -0.353 e. The smallest absolute Gasteiger partial charge is 0.317 e. The third-order valence-electron chi connectivity index (χ3n) is 5.47. The van der Waals surface area contributed by atoms with Gasteiger partial charge in [0.25, 0.3) is 0 Å². The van der Waals surface area contributed by atoms with Gasteiger partial charge in [-0.15, -0.1) is 0 Å². The van der Waals surface area contributed by atoms with E-state index >= 15 is 0 Å². The molecule has 1 saturated heterocycles. The first-order chi connectivity index (χ1) is 13.6. The molecule has 4 rings (SSSR count). The van der Waals surface area contributed by atoms with Gasteiger partial charge in [0.2, 0.25) is 0 Å². The largest absolute Gasteiger partial charge is 0.353 e. The van der Waals surface area contributed by atoms with E-state index < -0.39 is 0 Å². The lowest BCUT2D eigenvalue weighted by Crippen LogP contribution is -2.45. The van der Waals surface area contributed by atoms with Gasteiger partial charge in [0, 0.05) is 42.9 Å². The zero-order chi connectivity index (χ0) is 19.7. The average molecular weight is 444 g/mol. The van der Waals surface area contributed by atoms with Gasteiger partial charge < -0.3 is 19.5 Å². The normalized spacial score (nSPS) is 16.4. The molecule has 0 bridgehead atoms. The van der Waals surface area contributed by atoms with Crippen LogP contribution in [0.25, 0.3) is 16.6 Å². The number of benzene rings is 1. The molecule has 148 valence electrons. The topological polar surface area (TPSA) is 52.9 Å². The van der Waals surface area contributed by atoms with Crippen molar-refractivity contribution in [2.45, 2.75) is 32.7 Å². The molecular weight excluding hydrogens is 418 g/mol. The fraction of sp³-hybridized carbons (Fsp3) is 0.429. The summed E-state index contributed by atoms with van der Waals surface area (Å²) in [5.74, 6) is 0.986. The maximum absolute atomic E-state index is 12.5. The van der Waals surface area contributed by atoms with E-state index in [4.69, 9.17) is 4.98 Å². The molecule has 3 heterocycles. The Morgan fingerprint density at radius 1 is 1.21 bits per heavy atom. The van der Waals surface area contributed by atoms with Crippen molar-refractivity contribution in [2.75, 3.05) is 31.1 Å². The molecule has 0 spiro atoms. The number of rotatable bonds is 3. The van der Waals surface area contributed by atoms with Crippen molar-refractivity contribution < 1.29 is 4.79 Å². The summed E-state index contributed by atoms with van der Waals surface area (Å²) in [6, 6.07) is 10.6. The van der Waals surface area contributed by atoms with Crippen LogP contribution < -0.4 is 10.2 Å². The quantitative estimate of drug-likeness (QED) is 0.657. The molecule has 1 aliphatic heterocycles.